The first-order chi connectivity index (χ1) is 4.86. The zero-order chi connectivity index (χ0) is 7.40. The van der Waals surface area contributed by atoms with E-state index in [2.05, 4.69) is 11.9 Å². The summed E-state index contributed by atoms with van der Waals surface area (Å²) in [7, 11) is 0. The Morgan fingerprint density at radius 2 is 2.40 bits per heavy atom. The molecule has 10 heavy (non-hydrogen) atoms. The highest BCUT2D eigenvalue weighted by Gasteiger charge is 1.97. The summed E-state index contributed by atoms with van der Waals surface area (Å²) in [4.78, 5) is 4.15. The van der Waals surface area contributed by atoms with Crippen molar-refractivity contribution in [3.63, 3.8) is 0 Å². The van der Waals surface area contributed by atoms with Crippen LogP contribution in [-0.4, -0.2) is 11.6 Å². The van der Waals surface area contributed by atoms with Gasteiger partial charge in [-0.15, -0.1) is 0 Å². The Morgan fingerprint density at radius 1 is 1.60 bits per heavy atom. The van der Waals surface area contributed by atoms with E-state index in [4.69, 9.17) is 4.74 Å². The molecule has 0 aliphatic carbocycles. The van der Waals surface area contributed by atoms with Crippen LogP contribution in [0.4, 0.5) is 0 Å². The number of aryl methyl sites for hydroxylation is 1. The first-order valence-electron chi connectivity index (χ1n) is 3.44. The second-order valence-electron chi connectivity index (χ2n) is 1.86. The average Bonchev–Trinajstić information content (AvgIpc) is 2.37. The Hall–Kier alpha value is -0.570. The number of rotatable bonds is 3. The third-order valence-electron chi connectivity index (χ3n) is 1.12. The van der Waals surface area contributed by atoms with Crippen LogP contribution in [0.5, 0.6) is 5.06 Å². The molecule has 0 N–H and O–H groups in total. The summed E-state index contributed by atoms with van der Waals surface area (Å²) in [6, 6.07) is 0. The second-order valence-corrected chi connectivity index (χ2v) is 2.94. The number of hydrogen-bond donors (Lipinski definition) is 0. The standard InChI is InChI=1S/C7H11NOS/c1-3-6-8-5-7(10-6)9-4-2/h5H,3-4H2,1-2H3. The van der Waals surface area contributed by atoms with E-state index in [1.54, 1.807) is 17.5 Å². The molecule has 0 amide bonds. The van der Waals surface area contributed by atoms with Gasteiger partial charge in [0.05, 0.1) is 17.8 Å². The Labute approximate surface area is 64.9 Å². The zero-order valence-corrected chi connectivity index (χ0v) is 7.07. The number of hydrogen-bond acceptors (Lipinski definition) is 3. The van der Waals surface area contributed by atoms with Crippen molar-refractivity contribution in [2.75, 3.05) is 6.61 Å². The van der Waals surface area contributed by atoms with Crippen molar-refractivity contribution >= 4 is 11.3 Å². The monoisotopic (exact) mass is 157 g/mol. The maximum absolute atomic E-state index is 5.24. The minimum atomic E-state index is 0.728. The van der Waals surface area contributed by atoms with E-state index >= 15 is 0 Å². The fourth-order valence-electron chi connectivity index (χ4n) is 0.666. The lowest BCUT2D eigenvalue weighted by atomic mass is 10.5. The van der Waals surface area contributed by atoms with Crippen molar-refractivity contribution in [1.29, 1.82) is 0 Å². The van der Waals surface area contributed by atoms with Gasteiger partial charge in [-0.3, -0.25) is 0 Å². The van der Waals surface area contributed by atoms with E-state index in [1.807, 2.05) is 6.92 Å². The molecule has 0 spiro atoms. The highest BCUT2D eigenvalue weighted by atomic mass is 32.1. The molecule has 0 radical (unpaired) electrons. The van der Waals surface area contributed by atoms with Gasteiger partial charge < -0.3 is 4.74 Å². The van der Waals surface area contributed by atoms with Gasteiger partial charge in [-0.1, -0.05) is 18.3 Å². The Bertz CT molecular complexity index is 197. The fourth-order valence-corrected chi connectivity index (χ4v) is 1.43. The van der Waals surface area contributed by atoms with Gasteiger partial charge in [0.25, 0.3) is 0 Å². The van der Waals surface area contributed by atoms with Gasteiger partial charge in [0, 0.05) is 0 Å². The average molecular weight is 157 g/mol. The Balaban J connectivity index is 2.59. The van der Waals surface area contributed by atoms with Gasteiger partial charge in [-0.2, -0.15) is 0 Å². The molecule has 56 valence electrons. The summed E-state index contributed by atoms with van der Waals surface area (Å²) in [5, 5.41) is 2.07. The van der Waals surface area contributed by atoms with Crippen molar-refractivity contribution in [1.82, 2.24) is 4.98 Å². The maximum atomic E-state index is 5.24. The van der Waals surface area contributed by atoms with Crippen LogP contribution in [0.1, 0.15) is 18.9 Å². The molecule has 0 aliphatic heterocycles. The molecular formula is C7H11NOS. The molecule has 1 aromatic heterocycles. The van der Waals surface area contributed by atoms with Crippen molar-refractivity contribution in [3.05, 3.63) is 11.2 Å². The molecule has 0 atom stereocenters. The molecule has 1 rings (SSSR count). The summed E-state index contributed by atoms with van der Waals surface area (Å²) in [5.41, 5.74) is 0. The SMILES string of the molecule is CCOc1cnc(CC)s1. The zero-order valence-electron chi connectivity index (χ0n) is 6.26. The summed E-state index contributed by atoms with van der Waals surface area (Å²) in [6.07, 6.45) is 2.78. The third kappa shape index (κ3) is 1.70. The number of nitrogens with zero attached hydrogens (tertiary/aromatic N) is 1. The molecule has 0 bridgehead atoms. The fraction of sp³-hybridized carbons (Fsp3) is 0.571. The third-order valence-corrected chi connectivity index (χ3v) is 2.18. The Kier molecular flexibility index (Phi) is 2.68. The number of thiazole rings is 1. The minimum absolute atomic E-state index is 0.728. The molecule has 2 nitrogen and oxygen atoms in total. The molecule has 0 saturated carbocycles. The summed E-state index contributed by atoms with van der Waals surface area (Å²) in [6.45, 7) is 4.80. The van der Waals surface area contributed by atoms with Gasteiger partial charge in [0.1, 0.15) is 0 Å². The molecule has 0 aliphatic rings. The summed E-state index contributed by atoms with van der Waals surface area (Å²) < 4.78 is 5.24. The minimum Gasteiger partial charge on any atom is -0.483 e. The Morgan fingerprint density at radius 3 is 2.90 bits per heavy atom. The van der Waals surface area contributed by atoms with Crippen LogP contribution in [0.25, 0.3) is 0 Å². The van der Waals surface area contributed by atoms with Crippen LogP contribution >= 0.6 is 11.3 Å². The van der Waals surface area contributed by atoms with Gasteiger partial charge >= 0.3 is 0 Å². The van der Waals surface area contributed by atoms with Crippen LogP contribution < -0.4 is 4.74 Å². The lowest BCUT2D eigenvalue weighted by molar-refractivity contribution is 0.349. The molecule has 0 saturated heterocycles. The van der Waals surface area contributed by atoms with Crippen molar-refractivity contribution in [3.8, 4) is 5.06 Å². The quantitative estimate of drug-likeness (QED) is 0.670. The van der Waals surface area contributed by atoms with Crippen molar-refractivity contribution in [2.24, 2.45) is 0 Å². The molecule has 0 unspecified atom stereocenters. The first kappa shape index (κ1) is 7.54. The molecule has 0 fully saturated rings. The number of aromatic nitrogens is 1. The van der Waals surface area contributed by atoms with Crippen LogP contribution in [0.15, 0.2) is 6.20 Å². The van der Waals surface area contributed by atoms with Gasteiger partial charge in [0.15, 0.2) is 5.06 Å². The van der Waals surface area contributed by atoms with Crippen LogP contribution in [0.2, 0.25) is 0 Å². The van der Waals surface area contributed by atoms with E-state index in [1.165, 1.54) is 0 Å². The number of ether oxygens (including phenoxy) is 1. The van der Waals surface area contributed by atoms with Gasteiger partial charge in [-0.05, 0) is 13.3 Å². The van der Waals surface area contributed by atoms with Crippen LogP contribution in [-0.2, 0) is 6.42 Å². The van der Waals surface area contributed by atoms with Gasteiger partial charge in [-0.25, -0.2) is 4.98 Å². The first-order valence-corrected chi connectivity index (χ1v) is 4.26. The van der Waals surface area contributed by atoms with Crippen molar-refractivity contribution < 1.29 is 4.74 Å². The van der Waals surface area contributed by atoms with E-state index in [0.29, 0.717) is 0 Å². The summed E-state index contributed by atoms with van der Waals surface area (Å²) >= 11 is 1.62. The second kappa shape index (κ2) is 3.56. The molecular weight excluding hydrogens is 146 g/mol. The molecule has 1 aromatic rings. The highest BCUT2D eigenvalue weighted by molar-refractivity contribution is 7.13. The van der Waals surface area contributed by atoms with E-state index in [-0.39, 0.29) is 0 Å². The van der Waals surface area contributed by atoms with E-state index in [9.17, 15) is 0 Å². The normalized spacial score (nSPS) is 9.80. The molecule has 0 aromatic carbocycles. The summed E-state index contributed by atoms with van der Waals surface area (Å²) in [5.74, 6) is 0. The van der Waals surface area contributed by atoms with Crippen molar-refractivity contribution in [2.45, 2.75) is 20.3 Å². The molecule has 1 heterocycles. The smallest absolute Gasteiger partial charge is 0.194 e. The predicted molar refractivity (Wildman–Crippen MR) is 42.7 cm³/mol. The lowest BCUT2D eigenvalue weighted by Crippen LogP contribution is -1.86. The van der Waals surface area contributed by atoms with Crippen LogP contribution in [0.3, 0.4) is 0 Å². The van der Waals surface area contributed by atoms with Gasteiger partial charge in [0.2, 0.25) is 0 Å². The molecule has 3 heteroatoms. The lowest BCUT2D eigenvalue weighted by Gasteiger charge is -1.93. The largest absolute Gasteiger partial charge is 0.483 e. The van der Waals surface area contributed by atoms with E-state index in [0.717, 1.165) is 23.1 Å². The topological polar surface area (TPSA) is 22.1 Å². The van der Waals surface area contributed by atoms with E-state index < -0.39 is 0 Å². The highest BCUT2D eigenvalue weighted by Crippen LogP contribution is 2.21. The predicted octanol–water partition coefficient (Wildman–Crippen LogP) is 2.10. The maximum Gasteiger partial charge on any atom is 0.194 e. The van der Waals surface area contributed by atoms with Crippen LogP contribution in [0, 0.1) is 0 Å².